The van der Waals surface area contributed by atoms with E-state index in [1.165, 1.54) is 12.1 Å². The number of carbonyl (C=O) groups excluding carboxylic acids is 1. The van der Waals surface area contributed by atoms with Gasteiger partial charge in [-0.05, 0) is 57.2 Å². The van der Waals surface area contributed by atoms with Crippen molar-refractivity contribution in [3.05, 3.63) is 74.8 Å². The highest BCUT2D eigenvalue weighted by Crippen LogP contribution is 2.24. The molecular weight excluding hydrogens is 328 g/mol. The molecule has 26 heavy (non-hydrogen) atoms. The van der Waals surface area contributed by atoms with Gasteiger partial charge in [0.05, 0.1) is 4.92 Å². The van der Waals surface area contributed by atoms with Crippen LogP contribution in [0.4, 0.5) is 5.69 Å². The lowest BCUT2D eigenvalue weighted by Crippen LogP contribution is -2.44. The fourth-order valence-electron chi connectivity index (χ4n) is 3.77. The first-order valence-electron chi connectivity index (χ1n) is 9.06. The van der Waals surface area contributed by atoms with Crippen molar-refractivity contribution in [1.29, 1.82) is 0 Å². The molecular formula is C21H24N2O3. The van der Waals surface area contributed by atoms with Gasteiger partial charge in [0.25, 0.3) is 11.6 Å². The number of hydrogen-bond donors (Lipinski definition) is 0. The molecule has 5 heteroatoms. The van der Waals surface area contributed by atoms with Gasteiger partial charge in [0, 0.05) is 30.3 Å². The van der Waals surface area contributed by atoms with Crippen LogP contribution in [0, 0.1) is 24.0 Å². The number of benzene rings is 2. The van der Waals surface area contributed by atoms with E-state index in [1.807, 2.05) is 30.9 Å². The summed E-state index contributed by atoms with van der Waals surface area (Å²) in [5.41, 5.74) is 4.06. The Labute approximate surface area is 153 Å². The topological polar surface area (TPSA) is 63.5 Å². The molecule has 1 fully saturated rings. The van der Waals surface area contributed by atoms with Crippen LogP contribution in [0.2, 0.25) is 0 Å². The maximum Gasteiger partial charge on any atom is 0.269 e. The van der Waals surface area contributed by atoms with Crippen molar-refractivity contribution < 1.29 is 9.72 Å². The molecule has 0 radical (unpaired) electrons. The first-order valence-corrected chi connectivity index (χ1v) is 9.06. The van der Waals surface area contributed by atoms with Gasteiger partial charge in [-0.25, -0.2) is 0 Å². The van der Waals surface area contributed by atoms with Gasteiger partial charge in [-0.3, -0.25) is 14.9 Å². The molecule has 1 atom stereocenters. The molecule has 2 aromatic carbocycles. The number of aryl methyl sites for hydroxylation is 2. The molecule has 1 unspecified atom stereocenters. The molecule has 0 spiro atoms. The first kappa shape index (κ1) is 18.1. The van der Waals surface area contributed by atoms with Crippen LogP contribution in [0.25, 0.3) is 0 Å². The van der Waals surface area contributed by atoms with Crippen molar-refractivity contribution in [2.75, 3.05) is 6.54 Å². The van der Waals surface area contributed by atoms with Gasteiger partial charge in [-0.15, -0.1) is 0 Å². The van der Waals surface area contributed by atoms with Crippen LogP contribution in [0.5, 0.6) is 0 Å². The molecule has 0 N–H and O–H groups in total. The number of piperidine rings is 1. The SMILES string of the molecule is Cc1cc(C)cc(C(=O)N2CCCCC2Cc2ccc([N+](=O)[O-])cc2)c1. The third-order valence-corrected chi connectivity index (χ3v) is 4.98. The molecule has 0 aromatic heterocycles. The smallest absolute Gasteiger partial charge is 0.269 e. The summed E-state index contributed by atoms with van der Waals surface area (Å²) in [5, 5.41) is 10.8. The van der Waals surface area contributed by atoms with Gasteiger partial charge >= 0.3 is 0 Å². The minimum atomic E-state index is -0.389. The summed E-state index contributed by atoms with van der Waals surface area (Å²) in [4.78, 5) is 25.5. The number of non-ortho nitro benzene ring substituents is 1. The minimum absolute atomic E-state index is 0.0865. The van der Waals surface area contributed by atoms with Gasteiger partial charge in [0.15, 0.2) is 0 Å². The Morgan fingerprint density at radius 2 is 1.77 bits per heavy atom. The predicted octanol–water partition coefficient (Wildman–Crippen LogP) is 4.45. The summed E-state index contributed by atoms with van der Waals surface area (Å²) in [7, 11) is 0. The molecule has 0 aliphatic carbocycles. The number of nitrogens with zero attached hydrogens (tertiary/aromatic N) is 2. The summed E-state index contributed by atoms with van der Waals surface area (Å²) >= 11 is 0. The summed E-state index contributed by atoms with van der Waals surface area (Å²) in [6, 6.07) is 12.8. The molecule has 2 aromatic rings. The molecule has 1 aliphatic heterocycles. The van der Waals surface area contributed by atoms with E-state index < -0.39 is 0 Å². The van der Waals surface area contributed by atoms with E-state index in [1.54, 1.807) is 12.1 Å². The van der Waals surface area contributed by atoms with Gasteiger partial charge in [0.2, 0.25) is 0 Å². The number of rotatable bonds is 4. The highest BCUT2D eigenvalue weighted by molar-refractivity contribution is 5.95. The van der Waals surface area contributed by atoms with Gasteiger partial charge in [0.1, 0.15) is 0 Å². The Bertz CT molecular complexity index is 794. The van der Waals surface area contributed by atoms with Crippen LogP contribution in [-0.4, -0.2) is 28.3 Å². The van der Waals surface area contributed by atoms with Gasteiger partial charge in [-0.1, -0.05) is 29.3 Å². The third kappa shape index (κ3) is 4.10. The van der Waals surface area contributed by atoms with Crippen molar-refractivity contribution in [1.82, 2.24) is 4.90 Å². The largest absolute Gasteiger partial charge is 0.335 e. The van der Waals surface area contributed by atoms with E-state index in [2.05, 4.69) is 6.07 Å². The highest BCUT2D eigenvalue weighted by Gasteiger charge is 2.28. The lowest BCUT2D eigenvalue weighted by atomic mass is 9.94. The lowest BCUT2D eigenvalue weighted by molar-refractivity contribution is -0.384. The fraction of sp³-hybridized carbons (Fsp3) is 0.381. The van der Waals surface area contributed by atoms with Crippen molar-refractivity contribution >= 4 is 11.6 Å². The van der Waals surface area contributed by atoms with Gasteiger partial charge < -0.3 is 4.90 Å². The molecule has 3 rings (SSSR count). The Balaban J connectivity index is 1.79. The van der Waals surface area contributed by atoms with Crippen LogP contribution in [-0.2, 0) is 6.42 Å². The molecule has 1 aliphatic rings. The average molecular weight is 352 g/mol. The Morgan fingerprint density at radius 1 is 1.12 bits per heavy atom. The number of nitro benzene ring substituents is 1. The van der Waals surface area contributed by atoms with E-state index in [4.69, 9.17) is 0 Å². The quantitative estimate of drug-likeness (QED) is 0.603. The third-order valence-electron chi connectivity index (χ3n) is 4.98. The van der Waals surface area contributed by atoms with E-state index in [9.17, 15) is 14.9 Å². The number of hydrogen-bond acceptors (Lipinski definition) is 3. The van der Waals surface area contributed by atoms with Crippen molar-refractivity contribution in [3.63, 3.8) is 0 Å². The Morgan fingerprint density at radius 3 is 2.38 bits per heavy atom. The van der Waals surface area contributed by atoms with E-state index in [0.717, 1.165) is 54.5 Å². The zero-order valence-electron chi connectivity index (χ0n) is 15.3. The second-order valence-corrected chi connectivity index (χ2v) is 7.15. The van der Waals surface area contributed by atoms with Crippen molar-refractivity contribution in [2.45, 2.75) is 45.6 Å². The molecule has 0 bridgehead atoms. The van der Waals surface area contributed by atoms with Crippen LogP contribution in [0.15, 0.2) is 42.5 Å². The Hall–Kier alpha value is -2.69. The monoisotopic (exact) mass is 352 g/mol. The minimum Gasteiger partial charge on any atom is -0.335 e. The zero-order chi connectivity index (χ0) is 18.7. The highest BCUT2D eigenvalue weighted by atomic mass is 16.6. The Kier molecular flexibility index (Phi) is 5.35. The normalized spacial score (nSPS) is 17.2. The number of likely N-dealkylation sites (tertiary alicyclic amines) is 1. The number of carbonyl (C=O) groups is 1. The van der Waals surface area contributed by atoms with Crippen LogP contribution < -0.4 is 0 Å². The molecule has 136 valence electrons. The number of amides is 1. The predicted molar refractivity (Wildman–Crippen MR) is 101 cm³/mol. The summed E-state index contributed by atoms with van der Waals surface area (Å²) in [6.07, 6.45) is 3.82. The average Bonchev–Trinajstić information content (AvgIpc) is 2.61. The molecule has 1 amide bonds. The molecule has 5 nitrogen and oxygen atoms in total. The standard InChI is InChI=1S/C21H24N2O3/c1-15-11-16(2)13-18(12-15)21(24)22-10-4-3-5-20(22)14-17-6-8-19(9-7-17)23(25)26/h6-9,11-13,20H,3-5,10,14H2,1-2H3. The maximum absolute atomic E-state index is 13.1. The second kappa shape index (κ2) is 7.68. The summed E-state index contributed by atoms with van der Waals surface area (Å²) < 4.78 is 0. The van der Waals surface area contributed by atoms with Crippen LogP contribution in [0.3, 0.4) is 0 Å². The van der Waals surface area contributed by atoms with E-state index in [-0.39, 0.29) is 22.6 Å². The summed E-state index contributed by atoms with van der Waals surface area (Å²) in [5.74, 6) is 0.0865. The molecule has 0 saturated carbocycles. The van der Waals surface area contributed by atoms with Crippen LogP contribution in [0.1, 0.15) is 46.3 Å². The lowest BCUT2D eigenvalue weighted by Gasteiger charge is -2.36. The summed E-state index contributed by atoms with van der Waals surface area (Å²) in [6.45, 7) is 4.78. The molecule has 1 saturated heterocycles. The van der Waals surface area contributed by atoms with Gasteiger partial charge in [-0.2, -0.15) is 0 Å². The van der Waals surface area contributed by atoms with E-state index >= 15 is 0 Å². The maximum atomic E-state index is 13.1. The number of nitro groups is 1. The zero-order valence-corrected chi connectivity index (χ0v) is 15.3. The first-order chi connectivity index (χ1) is 12.4. The van der Waals surface area contributed by atoms with Crippen molar-refractivity contribution in [3.8, 4) is 0 Å². The second-order valence-electron chi connectivity index (χ2n) is 7.15. The molecule has 1 heterocycles. The van der Waals surface area contributed by atoms with E-state index in [0.29, 0.717) is 0 Å². The fourth-order valence-corrected chi connectivity index (χ4v) is 3.77. The van der Waals surface area contributed by atoms with Crippen LogP contribution >= 0.6 is 0 Å². The van der Waals surface area contributed by atoms with Crippen molar-refractivity contribution in [2.24, 2.45) is 0 Å².